The number of aromatic carboxylic acids is 1. The van der Waals surface area contributed by atoms with Crippen LogP contribution in [0.4, 0.5) is 5.82 Å². The molecule has 92 valence electrons. The number of pyridine rings is 1. The monoisotopic (exact) mass is 244 g/mol. The zero-order valence-electron chi connectivity index (χ0n) is 9.79. The normalized spacial score (nSPS) is 10.1. The molecule has 6 heteroatoms. The first-order valence-corrected chi connectivity index (χ1v) is 5.37. The maximum absolute atomic E-state index is 10.6. The van der Waals surface area contributed by atoms with E-state index in [1.807, 2.05) is 13.0 Å². The number of carbonyl (C=O) groups is 1. The minimum absolute atomic E-state index is 0.0712. The van der Waals surface area contributed by atoms with Gasteiger partial charge in [-0.25, -0.2) is 4.79 Å². The van der Waals surface area contributed by atoms with Gasteiger partial charge in [0.2, 0.25) is 0 Å². The van der Waals surface area contributed by atoms with E-state index in [1.165, 1.54) is 6.07 Å². The van der Waals surface area contributed by atoms with Crippen LogP contribution in [0, 0.1) is 6.92 Å². The van der Waals surface area contributed by atoms with Gasteiger partial charge in [0, 0.05) is 18.9 Å². The molecule has 0 atom stereocenters. The first kappa shape index (κ1) is 12.0. The largest absolute Gasteiger partial charge is 0.476 e. The van der Waals surface area contributed by atoms with Crippen LogP contribution in [0.3, 0.4) is 0 Å². The van der Waals surface area contributed by atoms with Crippen LogP contribution in [0.15, 0.2) is 30.6 Å². The van der Waals surface area contributed by atoms with Gasteiger partial charge in [0.05, 0.1) is 0 Å². The van der Waals surface area contributed by atoms with Crippen LogP contribution in [0.25, 0.3) is 0 Å². The molecule has 0 spiro atoms. The molecule has 18 heavy (non-hydrogen) atoms. The van der Waals surface area contributed by atoms with Gasteiger partial charge in [0.1, 0.15) is 5.82 Å². The molecule has 2 heterocycles. The van der Waals surface area contributed by atoms with Crippen LogP contribution in [-0.4, -0.2) is 26.3 Å². The Morgan fingerprint density at radius 1 is 1.33 bits per heavy atom. The average Bonchev–Trinajstić information content (AvgIpc) is 2.38. The second kappa shape index (κ2) is 5.22. The Morgan fingerprint density at radius 3 is 2.78 bits per heavy atom. The fourth-order valence-corrected chi connectivity index (χ4v) is 1.41. The van der Waals surface area contributed by atoms with Crippen molar-refractivity contribution in [3.8, 4) is 0 Å². The third-order valence-corrected chi connectivity index (χ3v) is 2.49. The lowest BCUT2D eigenvalue weighted by Crippen LogP contribution is -2.07. The van der Waals surface area contributed by atoms with E-state index in [9.17, 15) is 4.79 Å². The van der Waals surface area contributed by atoms with Crippen LogP contribution in [0.5, 0.6) is 0 Å². The summed E-state index contributed by atoms with van der Waals surface area (Å²) in [4.78, 5) is 14.6. The lowest BCUT2D eigenvalue weighted by Gasteiger charge is -2.07. The fraction of sp³-hybridized carbons (Fsp3) is 0.167. The van der Waals surface area contributed by atoms with Crippen molar-refractivity contribution in [3.05, 3.63) is 47.4 Å². The van der Waals surface area contributed by atoms with E-state index in [4.69, 9.17) is 5.11 Å². The Bertz CT molecular complexity index is 554. The van der Waals surface area contributed by atoms with Crippen LogP contribution < -0.4 is 5.32 Å². The summed E-state index contributed by atoms with van der Waals surface area (Å²) in [5, 5.41) is 19.1. The average molecular weight is 244 g/mol. The van der Waals surface area contributed by atoms with E-state index in [0.29, 0.717) is 12.4 Å². The molecule has 2 rings (SSSR count). The van der Waals surface area contributed by atoms with Gasteiger partial charge in [0.25, 0.3) is 0 Å². The lowest BCUT2D eigenvalue weighted by atomic mass is 10.1. The number of nitrogens with zero attached hydrogens (tertiary/aromatic N) is 3. The lowest BCUT2D eigenvalue weighted by molar-refractivity contribution is 0.0689. The quantitative estimate of drug-likeness (QED) is 0.847. The standard InChI is InChI=1S/C12H12N4O2/c1-8-4-5-13-6-9(8)7-14-11-3-2-10(12(17)18)15-16-11/h2-6H,7H2,1H3,(H,14,16)(H,17,18). The molecule has 0 aliphatic rings. The maximum Gasteiger partial charge on any atom is 0.356 e. The third-order valence-electron chi connectivity index (χ3n) is 2.49. The minimum Gasteiger partial charge on any atom is -0.476 e. The van der Waals surface area contributed by atoms with Gasteiger partial charge in [-0.3, -0.25) is 4.98 Å². The molecule has 0 aliphatic carbocycles. The van der Waals surface area contributed by atoms with Crippen molar-refractivity contribution in [2.45, 2.75) is 13.5 Å². The highest BCUT2D eigenvalue weighted by molar-refractivity contribution is 5.85. The molecule has 0 fully saturated rings. The molecule has 0 amide bonds. The summed E-state index contributed by atoms with van der Waals surface area (Å²) in [6.07, 6.45) is 3.52. The highest BCUT2D eigenvalue weighted by atomic mass is 16.4. The van der Waals surface area contributed by atoms with E-state index < -0.39 is 5.97 Å². The van der Waals surface area contributed by atoms with E-state index >= 15 is 0 Å². The second-order valence-corrected chi connectivity index (χ2v) is 3.76. The molecule has 2 aromatic rings. The zero-order valence-corrected chi connectivity index (χ0v) is 9.79. The number of aromatic nitrogens is 3. The summed E-state index contributed by atoms with van der Waals surface area (Å²) in [5.74, 6) is -0.555. The van der Waals surface area contributed by atoms with Crippen molar-refractivity contribution in [3.63, 3.8) is 0 Å². The molecule has 0 radical (unpaired) electrons. The molecule has 0 aromatic carbocycles. The molecule has 0 aliphatic heterocycles. The van der Waals surface area contributed by atoms with Gasteiger partial charge in [0.15, 0.2) is 5.69 Å². The summed E-state index contributed by atoms with van der Waals surface area (Å²) in [6.45, 7) is 2.57. The number of nitrogens with one attached hydrogen (secondary N) is 1. The Kier molecular flexibility index (Phi) is 3.47. The molecular weight excluding hydrogens is 232 g/mol. The Morgan fingerprint density at radius 2 is 2.17 bits per heavy atom. The van der Waals surface area contributed by atoms with Gasteiger partial charge in [-0.1, -0.05) is 0 Å². The first-order chi connectivity index (χ1) is 8.66. The highest BCUT2D eigenvalue weighted by Crippen LogP contribution is 2.08. The van der Waals surface area contributed by atoms with E-state index in [2.05, 4.69) is 20.5 Å². The topological polar surface area (TPSA) is 88.0 Å². The van der Waals surface area contributed by atoms with Crippen LogP contribution in [-0.2, 0) is 6.54 Å². The fourth-order valence-electron chi connectivity index (χ4n) is 1.41. The van der Waals surface area contributed by atoms with Crippen molar-refractivity contribution in [2.75, 3.05) is 5.32 Å². The Hall–Kier alpha value is -2.50. The molecule has 2 N–H and O–H groups in total. The number of aryl methyl sites for hydroxylation is 1. The highest BCUT2D eigenvalue weighted by Gasteiger charge is 2.05. The van der Waals surface area contributed by atoms with Gasteiger partial charge >= 0.3 is 5.97 Å². The number of rotatable bonds is 4. The first-order valence-electron chi connectivity index (χ1n) is 5.37. The van der Waals surface area contributed by atoms with Crippen molar-refractivity contribution >= 4 is 11.8 Å². The summed E-state index contributed by atoms with van der Waals surface area (Å²) in [6, 6.07) is 4.92. The molecule has 0 bridgehead atoms. The van der Waals surface area contributed by atoms with Gasteiger partial charge in [-0.05, 0) is 36.2 Å². The van der Waals surface area contributed by atoms with Gasteiger partial charge < -0.3 is 10.4 Å². The molecule has 0 saturated heterocycles. The zero-order chi connectivity index (χ0) is 13.0. The summed E-state index contributed by atoms with van der Waals surface area (Å²) in [7, 11) is 0. The van der Waals surface area contributed by atoms with Crippen LogP contribution in [0.1, 0.15) is 21.6 Å². The van der Waals surface area contributed by atoms with E-state index in [0.717, 1.165) is 11.1 Å². The summed E-state index contributed by atoms with van der Waals surface area (Å²) in [5.41, 5.74) is 2.12. The predicted octanol–water partition coefficient (Wildman–Crippen LogP) is 1.49. The summed E-state index contributed by atoms with van der Waals surface area (Å²) < 4.78 is 0. The number of carboxylic acid groups (broad SMARTS) is 1. The van der Waals surface area contributed by atoms with Crippen molar-refractivity contribution < 1.29 is 9.90 Å². The van der Waals surface area contributed by atoms with E-state index in [-0.39, 0.29) is 5.69 Å². The third kappa shape index (κ3) is 2.79. The molecule has 0 saturated carbocycles. The molecular formula is C12H12N4O2. The SMILES string of the molecule is Cc1ccncc1CNc1ccc(C(=O)O)nn1. The van der Waals surface area contributed by atoms with Crippen molar-refractivity contribution in [1.82, 2.24) is 15.2 Å². The smallest absolute Gasteiger partial charge is 0.356 e. The number of carboxylic acids is 1. The van der Waals surface area contributed by atoms with Gasteiger partial charge in [-0.15, -0.1) is 10.2 Å². The van der Waals surface area contributed by atoms with Crippen LogP contribution in [0.2, 0.25) is 0 Å². The van der Waals surface area contributed by atoms with Crippen molar-refractivity contribution in [1.29, 1.82) is 0 Å². The predicted molar refractivity (Wildman–Crippen MR) is 65.3 cm³/mol. The second-order valence-electron chi connectivity index (χ2n) is 3.76. The van der Waals surface area contributed by atoms with E-state index in [1.54, 1.807) is 18.5 Å². The number of hydrogen-bond acceptors (Lipinski definition) is 5. The Labute approximate surface area is 104 Å². The van der Waals surface area contributed by atoms with Gasteiger partial charge in [-0.2, -0.15) is 0 Å². The maximum atomic E-state index is 10.6. The molecule has 2 aromatic heterocycles. The summed E-state index contributed by atoms with van der Waals surface area (Å²) >= 11 is 0. The van der Waals surface area contributed by atoms with Crippen molar-refractivity contribution in [2.24, 2.45) is 0 Å². The molecule has 0 unspecified atom stereocenters. The van der Waals surface area contributed by atoms with Crippen LogP contribution >= 0.6 is 0 Å². The minimum atomic E-state index is -1.09. The molecule has 6 nitrogen and oxygen atoms in total. The number of anilines is 1. The number of hydrogen-bond donors (Lipinski definition) is 2. The Balaban J connectivity index is 2.02.